The number of pyridine rings is 1. The van der Waals surface area contributed by atoms with Gasteiger partial charge in [0.25, 0.3) is 0 Å². The van der Waals surface area contributed by atoms with Crippen LogP contribution >= 0.6 is 0 Å². The first-order chi connectivity index (χ1) is 15.1. The minimum absolute atomic E-state index is 0.0203. The van der Waals surface area contributed by atoms with Gasteiger partial charge in [-0.05, 0) is 50.2 Å². The molecule has 0 saturated heterocycles. The Morgan fingerprint density at radius 1 is 1.32 bits per heavy atom. The lowest BCUT2D eigenvalue weighted by atomic mass is 9.96. The molecule has 162 valence electrons. The summed E-state index contributed by atoms with van der Waals surface area (Å²) in [5.41, 5.74) is 2.72. The van der Waals surface area contributed by atoms with E-state index < -0.39 is 6.10 Å². The lowest BCUT2D eigenvalue weighted by Crippen LogP contribution is -2.17. The fraction of sp³-hybridized carbons (Fsp3) is 0.478. The maximum Gasteiger partial charge on any atom is 0.238 e. The van der Waals surface area contributed by atoms with Crippen molar-refractivity contribution < 1.29 is 14.6 Å². The van der Waals surface area contributed by atoms with Gasteiger partial charge in [0.1, 0.15) is 17.6 Å². The monoisotopic (exact) mass is 421 g/mol. The third-order valence-corrected chi connectivity index (χ3v) is 6.11. The van der Waals surface area contributed by atoms with Crippen LogP contribution in [0.5, 0.6) is 5.88 Å². The SMILES string of the molecule is CCc1cc(Nc2cccnc2OC2CC2)nc2c(C(=O)CC3CCC[C@H]3O)cnn12. The molecule has 0 aliphatic heterocycles. The molecule has 3 aromatic rings. The van der Waals surface area contributed by atoms with Gasteiger partial charge in [-0.2, -0.15) is 5.10 Å². The number of aliphatic hydroxyl groups excluding tert-OH is 1. The van der Waals surface area contributed by atoms with Gasteiger partial charge in [0.05, 0.1) is 17.9 Å². The third kappa shape index (κ3) is 4.12. The van der Waals surface area contributed by atoms with Gasteiger partial charge in [0.2, 0.25) is 5.88 Å². The average molecular weight is 422 g/mol. The highest BCUT2D eigenvalue weighted by Gasteiger charge is 2.29. The number of ether oxygens (including phenoxy) is 1. The summed E-state index contributed by atoms with van der Waals surface area (Å²) in [5.74, 6) is 1.18. The Balaban J connectivity index is 1.46. The molecule has 2 N–H and O–H groups in total. The number of Topliss-reactive ketones (excluding diaryl/α,β-unsaturated/α-hetero) is 1. The van der Waals surface area contributed by atoms with Gasteiger partial charge in [-0.15, -0.1) is 0 Å². The Labute approximate surface area is 180 Å². The second-order valence-electron chi connectivity index (χ2n) is 8.46. The van der Waals surface area contributed by atoms with E-state index in [2.05, 4.69) is 15.4 Å². The predicted octanol–water partition coefficient (Wildman–Crippen LogP) is 3.71. The largest absolute Gasteiger partial charge is 0.473 e. The van der Waals surface area contributed by atoms with Crippen LogP contribution in [-0.2, 0) is 6.42 Å². The first-order valence-corrected chi connectivity index (χ1v) is 11.1. The molecular formula is C23H27N5O3. The van der Waals surface area contributed by atoms with E-state index in [0.29, 0.717) is 29.3 Å². The lowest BCUT2D eigenvalue weighted by molar-refractivity contribution is 0.0869. The van der Waals surface area contributed by atoms with Crippen molar-refractivity contribution in [2.45, 2.75) is 64.1 Å². The van der Waals surface area contributed by atoms with Crippen LogP contribution in [0, 0.1) is 5.92 Å². The summed E-state index contributed by atoms with van der Waals surface area (Å²) in [7, 11) is 0. The summed E-state index contributed by atoms with van der Waals surface area (Å²) in [6, 6.07) is 5.69. The summed E-state index contributed by atoms with van der Waals surface area (Å²) in [4.78, 5) is 22.1. The van der Waals surface area contributed by atoms with Crippen LogP contribution in [0.1, 0.15) is 61.5 Å². The minimum Gasteiger partial charge on any atom is -0.473 e. The number of anilines is 2. The zero-order valence-corrected chi connectivity index (χ0v) is 17.6. The molecule has 31 heavy (non-hydrogen) atoms. The standard InChI is InChI=1S/C23H27N5O3/c1-2-15-12-21(26-18-6-4-10-24-23(18)31-16-8-9-16)27-22-17(13-25-28(15)22)20(30)11-14-5-3-7-19(14)29/h4,6,10,12-14,16,19,29H,2-3,5,7-9,11H2,1H3,(H,26,27)/t14?,19-/m1/s1. The Morgan fingerprint density at radius 3 is 2.94 bits per heavy atom. The van der Waals surface area contributed by atoms with E-state index in [1.165, 1.54) is 0 Å². The van der Waals surface area contributed by atoms with Crippen LogP contribution in [0.15, 0.2) is 30.6 Å². The number of carbonyl (C=O) groups excluding carboxylic acids is 1. The average Bonchev–Trinajstić information content (AvgIpc) is 3.34. The molecule has 3 aromatic heterocycles. The zero-order valence-electron chi connectivity index (χ0n) is 17.6. The lowest BCUT2D eigenvalue weighted by Gasteiger charge is -2.14. The van der Waals surface area contributed by atoms with E-state index in [4.69, 9.17) is 9.72 Å². The van der Waals surface area contributed by atoms with Gasteiger partial charge in [0.15, 0.2) is 11.4 Å². The Bertz CT molecular complexity index is 1110. The number of aliphatic hydroxyl groups is 1. The molecule has 3 heterocycles. The number of rotatable bonds is 8. The molecule has 0 radical (unpaired) electrons. The van der Waals surface area contributed by atoms with Gasteiger partial charge in [0, 0.05) is 24.4 Å². The van der Waals surface area contributed by atoms with Gasteiger partial charge in [-0.25, -0.2) is 14.5 Å². The molecule has 2 saturated carbocycles. The van der Waals surface area contributed by atoms with Crippen molar-refractivity contribution in [3.63, 3.8) is 0 Å². The maximum atomic E-state index is 13.0. The highest BCUT2D eigenvalue weighted by Crippen LogP contribution is 2.32. The highest BCUT2D eigenvalue weighted by atomic mass is 16.5. The number of ketones is 1. The van der Waals surface area contributed by atoms with E-state index in [-0.39, 0.29) is 17.8 Å². The minimum atomic E-state index is -0.391. The number of fused-ring (bicyclic) bond motifs is 1. The van der Waals surface area contributed by atoms with Crippen molar-refractivity contribution in [3.05, 3.63) is 41.9 Å². The van der Waals surface area contributed by atoms with Crippen molar-refractivity contribution >= 4 is 22.9 Å². The van der Waals surface area contributed by atoms with Gasteiger partial charge < -0.3 is 15.2 Å². The number of nitrogens with one attached hydrogen (secondary N) is 1. The van der Waals surface area contributed by atoms with E-state index in [9.17, 15) is 9.90 Å². The van der Waals surface area contributed by atoms with Crippen LogP contribution in [0.2, 0.25) is 0 Å². The summed E-state index contributed by atoms with van der Waals surface area (Å²) < 4.78 is 7.64. The Kier molecular flexibility index (Phi) is 5.31. The molecule has 2 aliphatic rings. The number of hydrogen-bond donors (Lipinski definition) is 2. The molecule has 0 amide bonds. The zero-order chi connectivity index (χ0) is 21.4. The first kappa shape index (κ1) is 19.9. The highest BCUT2D eigenvalue weighted by molar-refractivity contribution is 6.01. The molecule has 8 heteroatoms. The van der Waals surface area contributed by atoms with Gasteiger partial charge in [-0.1, -0.05) is 13.3 Å². The fourth-order valence-corrected chi connectivity index (χ4v) is 4.20. The van der Waals surface area contributed by atoms with Gasteiger partial charge >= 0.3 is 0 Å². The van der Waals surface area contributed by atoms with Crippen molar-refractivity contribution in [3.8, 4) is 5.88 Å². The molecule has 8 nitrogen and oxygen atoms in total. The molecule has 2 atom stereocenters. The van der Waals surface area contributed by atoms with Crippen LogP contribution in [0.3, 0.4) is 0 Å². The van der Waals surface area contributed by atoms with E-state index >= 15 is 0 Å². The summed E-state index contributed by atoms with van der Waals surface area (Å²) in [6.07, 6.45) is 8.95. The van der Waals surface area contributed by atoms with Crippen molar-refractivity contribution in [2.24, 2.45) is 5.92 Å². The molecule has 2 fully saturated rings. The molecule has 0 bridgehead atoms. The molecular weight excluding hydrogens is 394 g/mol. The van der Waals surface area contributed by atoms with E-state index in [1.54, 1.807) is 16.9 Å². The summed E-state index contributed by atoms with van der Waals surface area (Å²) in [6.45, 7) is 2.04. The number of carbonyl (C=O) groups is 1. The van der Waals surface area contributed by atoms with E-state index in [0.717, 1.165) is 49.9 Å². The molecule has 0 aromatic carbocycles. The van der Waals surface area contributed by atoms with Gasteiger partial charge in [-0.3, -0.25) is 4.79 Å². The summed E-state index contributed by atoms with van der Waals surface area (Å²) in [5, 5.41) is 17.9. The van der Waals surface area contributed by atoms with Crippen LogP contribution in [0.4, 0.5) is 11.5 Å². The molecule has 2 aliphatic carbocycles. The number of aryl methyl sites for hydroxylation is 1. The molecule has 5 rings (SSSR count). The Morgan fingerprint density at radius 2 is 2.19 bits per heavy atom. The van der Waals surface area contributed by atoms with Crippen molar-refractivity contribution in [1.82, 2.24) is 19.6 Å². The third-order valence-electron chi connectivity index (χ3n) is 6.11. The van der Waals surface area contributed by atoms with Crippen LogP contribution in [0.25, 0.3) is 5.65 Å². The second kappa shape index (κ2) is 8.26. The Hall–Kier alpha value is -3.00. The number of aromatic nitrogens is 4. The van der Waals surface area contributed by atoms with Crippen LogP contribution < -0.4 is 10.1 Å². The van der Waals surface area contributed by atoms with Crippen LogP contribution in [-0.4, -0.2) is 42.7 Å². The quantitative estimate of drug-likeness (QED) is 0.535. The smallest absolute Gasteiger partial charge is 0.238 e. The fourth-order valence-electron chi connectivity index (χ4n) is 4.20. The second-order valence-corrected chi connectivity index (χ2v) is 8.46. The van der Waals surface area contributed by atoms with E-state index in [1.807, 2.05) is 25.1 Å². The molecule has 0 spiro atoms. The predicted molar refractivity (Wildman–Crippen MR) is 116 cm³/mol. The van der Waals surface area contributed by atoms with Crippen molar-refractivity contribution in [1.29, 1.82) is 0 Å². The summed E-state index contributed by atoms with van der Waals surface area (Å²) >= 11 is 0. The molecule has 1 unspecified atom stereocenters. The van der Waals surface area contributed by atoms with Crippen molar-refractivity contribution in [2.75, 3.05) is 5.32 Å². The number of hydrogen-bond acceptors (Lipinski definition) is 7. The normalized spacial score (nSPS) is 20.8. The maximum absolute atomic E-state index is 13.0. The number of nitrogens with zero attached hydrogens (tertiary/aromatic N) is 4. The first-order valence-electron chi connectivity index (χ1n) is 11.1. The topological polar surface area (TPSA) is 102 Å².